The van der Waals surface area contributed by atoms with Crippen LogP contribution in [0, 0.1) is 0 Å². The van der Waals surface area contributed by atoms with Gasteiger partial charge in [-0.3, -0.25) is 0 Å². The standard InChI is InChI=1S/C18H19NO4S/c1-23-18(20)15-10-4-5-12-17(15)24(21,22)19-16-11-6-8-13-7-2-3-9-14(13)16/h2-5,7,9-10,12,16,19H,6,8,11H2,1H3/t16-/m0/s1. The van der Waals surface area contributed by atoms with E-state index in [1.807, 2.05) is 24.3 Å². The Balaban J connectivity index is 1.95. The molecule has 1 aliphatic carbocycles. The van der Waals surface area contributed by atoms with E-state index in [-0.39, 0.29) is 16.5 Å². The number of benzene rings is 2. The van der Waals surface area contributed by atoms with Crippen molar-refractivity contribution >= 4 is 16.0 Å². The van der Waals surface area contributed by atoms with Crippen LogP contribution in [0.5, 0.6) is 0 Å². The topological polar surface area (TPSA) is 72.5 Å². The first-order valence-corrected chi connectivity index (χ1v) is 9.29. The number of aryl methyl sites for hydroxylation is 1. The van der Waals surface area contributed by atoms with Gasteiger partial charge in [0.2, 0.25) is 10.0 Å². The van der Waals surface area contributed by atoms with Crippen molar-refractivity contribution in [3.8, 4) is 0 Å². The van der Waals surface area contributed by atoms with Crippen molar-refractivity contribution in [1.29, 1.82) is 0 Å². The molecular formula is C18H19NO4S. The van der Waals surface area contributed by atoms with Crippen LogP contribution < -0.4 is 4.72 Å². The Hall–Kier alpha value is -2.18. The molecule has 1 atom stereocenters. The minimum Gasteiger partial charge on any atom is -0.465 e. The van der Waals surface area contributed by atoms with Crippen LogP contribution in [-0.4, -0.2) is 21.5 Å². The zero-order chi connectivity index (χ0) is 17.2. The number of hydrogen-bond acceptors (Lipinski definition) is 4. The maximum Gasteiger partial charge on any atom is 0.339 e. The average molecular weight is 345 g/mol. The molecule has 1 N–H and O–H groups in total. The van der Waals surface area contributed by atoms with Gasteiger partial charge in [0.15, 0.2) is 0 Å². The summed E-state index contributed by atoms with van der Waals surface area (Å²) in [6.45, 7) is 0. The first kappa shape index (κ1) is 16.7. The van der Waals surface area contributed by atoms with Gasteiger partial charge in [-0.15, -0.1) is 0 Å². The molecule has 6 heteroatoms. The van der Waals surface area contributed by atoms with Gasteiger partial charge in [-0.2, -0.15) is 0 Å². The van der Waals surface area contributed by atoms with E-state index in [0.29, 0.717) is 0 Å². The lowest BCUT2D eigenvalue weighted by Crippen LogP contribution is -2.32. The van der Waals surface area contributed by atoms with Gasteiger partial charge in [0.1, 0.15) is 0 Å². The lowest BCUT2D eigenvalue weighted by Gasteiger charge is -2.26. The maximum absolute atomic E-state index is 12.8. The first-order chi connectivity index (χ1) is 11.5. The Labute approximate surface area is 141 Å². The molecule has 0 unspecified atom stereocenters. The highest BCUT2D eigenvalue weighted by molar-refractivity contribution is 7.89. The molecular weight excluding hydrogens is 326 g/mol. The number of esters is 1. The number of ether oxygens (including phenoxy) is 1. The largest absolute Gasteiger partial charge is 0.465 e. The molecule has 0 saturated heterocycles. The molecule has 1 aliphatic rings. The van der Waals surface area contributed by atoms with Crippen LogP contribution >= 0.6 is 0 Å². The lowest BCUT2D eigenvalue weighted by molar-refractivity contribution is 0.0596. The van der Waals surface area contributed by atoms with Gasteiger partial charge in [-0.1, -0.05) is 36.4 Å². The normalized spacial score (nSPS) is 17.1. The Morgan fingerprint density at radius 1 is 1.12 bits per heavy atom. The van der Waals surface area contributed by atoms with E-state index < -0.39 is 16.0 Å². The van der Waals surface area contributed by atoms with E-state index >= 15 is 0 Å². The van der Waals surface area contributed by atoms with E-state index in [0.717, 1.165) is 30.4 Å². The molecule has 24 heavy (non-hydrogen) atoms. The van der Waals surface area contributed by atoms with Crippen molar-refractivity contribution < 1.29 is 17.9 Å². The molecule has 0 amide bonds. The van der Waals surface area contributed by atoms with Crippen LogP contribution in [0.4, 0.5) is 0 Å². The summed E-state index contributed by atoms with van der Waals surface area (Å²) in [5.41, 5.74) is 2.21. The number of carbonyl (C=O) groups excluding carboxylic acids is 1. The van der Waals surface area contributed by atoms with Crippen LogP contribution in [0.15, 0.2) is 53.4 Å². The molecule has 2 aromatic carbocycles. The van der Waals surface area contributed by atoms with Crippen molar-refractivity contribution in [2.45, 2.75) is 30.2 Å². The van der Waals surface area contributed by atoms with Gasteiger partial charge >= 0.3 is 5.97 Å². The van der Waals surface area contributed by atoms with Gasteiger partial charge in [-0.05, 0) is 42.5 Å². The molecule has 0 fully saturated rings. The summed E-state index contributed by atoms with van der Waals surface area (Å²) < 4.78 is 33.1. The Morgan fingerprint density at radius 3 is 2.62 bits per heavy atom. The first-order valence-electron chi connectivity index (χ1n) is 7.80. The minimum atomic E-state index is -3.84. The molecule has 0 spiro atoms. The molecule has 0 radical (unpaired) electrons. The number of fused-ring (bicyclic) bond motifs is 1. The molecule has 3 rings (SSSR count). The third kappa shape index (κ3) is 3.20. The fourth-order valence-corrected chi connectivity index (χ4v) is 4.55. The highest BCUT2D eigenvalue weighted by atomic mass is 32.2. The predicted octanol–water partition coefficient (Wildman–Crippen LogP) is 2.83. The van der Waals surface area contributed by atoms with Crippen molar-refractivity contribution in [3.05, 3.63) is 65.2 Å². The molecule has 0 heterocycles. The second kappa shape index (κ2) is 6.75. The molecule has 5 nitrogen and oxygen atoms in total. The van der Waals surface area contributed by atoms with Gasteiger partial charge in [0, 0.05) is 6.04 Å². The summed E-state index contributed by atoms with van der Waals surface area (Å²) in [6, 6.07) is 13.6. The van der Waals surface area contributed by atoms with Gasteiger partial charge in [-0.25, -0.2) is 17.9 Å². The SMILES string of the molecule is COC(=O)c1ccccc1S(=O)(=O)N[C@H]1CCCc2ccccc21. The van der Waals surface area contributed by atoms with Gasteiger partial charge < -0.3 is 4.74 Å². The van der Waals surface area contributed by atoms with E-state index in [1.54, 1.807) is 12.1 Å². The number of methoxy groups -OCH3 is 1. The second-order valence-electron chi connectivity index (χ2n) is 5.75. The summed E-state index contributed by atoms with van der Waals surface area (Å²) in [5, 5.41) is 0. The fourth-order valence-electron chi connectivity index (χ4n) is 3.11. The van der Waals surface area contributed by atoms with E-state index in [9.17, 15) is 13.2 Å². The number of carbonyl (C=O) groups is 1. The summed E-state index contributed by atoms with van der Waals surface area (Å²) in [7, 11) is -2.61. The summed E-state index contributed by atoms with van der Waals surface area (Å²) in [5.74, 6) is -0.667. The smallest absolute Gasteiger partial charge is 0.339 e. The third-order valence-electron chi connectivity index (χ3n) is 4.25. The average Bonchev–Trinajstić information content (AvgIpc) is 2.61. The summed E-state index contributed by atoms with van der Waals surface area (Å²) in [4.78, 5) is 11.8. The van der Waals surface area contributed by atoms with Crippen molar-refractivity contribution in [2.75, 3.05) is 7.11 Å². The predicted molar refractivity (Wildman–Crippen MR) is 90.2 cm³/mol. The summed E-state index contributed by atoms with van der Waals surface area (Å²) in [6.07, 6.45) is 2.60. The van der Waals surface area contributed by atoms with Crippen molar-refractivity contribution in [2.24, 2.45) is 0 Å². The van der Waals surface area contributed by atoms with E-state index in [4.69, 9.17) is 0 Å². The number of rotatable bonds is 4. The van der Waals surface area contributed by atoms with Crippen LogP contribution in [0.1, 0.15) is 40.4 Å². The number of sulfonamides is 1. The summed E-state index contributed by atoms with van der Waals surface area (Å²) >= 11 is 0. The zero-order valence-corrected chi connectivity index (χ0v) is 14.2. The quantitative estimate of drug-likeness (QED) is 0.865. The lowest BCUT2D eigenvalue weighted by atomic mass is 9.88. The highest BCUT2D eigenvalue weighted by Crippen LogP contribution is 2.31. The van der Waals surface area contributed by atoms with Crippen molar-refractivity contribution in [3.63, 3.8) is 0 Å². The molecule has 126 valence electrons. The molecule has 0 saturated carbocycles. The number of hydrogen-bond donors (Lipinski definition) is 1. The maximum atomic E-state index is 12.8. The van der Waals surface area contributed by atoms with E-state index in [1.165, 1.54) is 19.2 Å². The van der Waals surface area contributed by atoms with Crippen LogP contribution in [-0.2, 0) is 21.2 Å². The minimum absolute atomic E-state index is 0.0385. The van der Waals surface area contributed by atoms with Gasteiger partial charge in [0.25, 0.3) is 0 Å². The monoisotopic (exact) mass is 345 g/mol. The Morgan fingerprint density at radius 2 is 1.83 bits per heavy atom. The van der Waals surface area contributed by atoms with Crippen LogP contribution in [0.3, 0.4) is 0 Å². The zero-order valence-electron chi connectivity index (χ0n) is 13.4. The molecule has 0 bridgehead atoms. The third-order valence-corrected chi connectivity index (χ3v) is 5.78. The Bertz CT molecular complexity index is 861. The molecule has 0 aromatic heterocycles. The van der Waals surface area contributed by atoms with Crippen LogP contribution in [0.25, 0.3) is 0 Å². The highest BCUT2D eigenvalue weighted by Gasteiger charge is 2.28. The molecule has 2 aromatic rings. The van der Waals surface area contributed by atoms with E-state index in [2.05, 4.69) is 9.46 Å². The number of nitrogens with one attached hydrogen (secondary N) is 1. The fraction of sp³-hybridized carbons (Fsp3) is 0.278. The van der Waals surface area contributed by atoms with Gasteiger partial charge in [0.05, 0.1) is 17.6 Å². The van der Waals surface area contributed by atoms with Crippen LogP contribution in [0.2, 0.25) is 0 Å². The Kier molecular flexibility index (Phi) is 4.69. The second-order valence-corrected chi connectivity index (χ2v) is 7.44. The van der Waals surface area contributed by atoms with Crippen molar-refractivity contribution in [1.82, 2.24) is 4.72 Å². The molecule has 0 aliphatic heterocycles.